The van der Waals surface area contributed by atoms with Crippen molar-refractivity contribution < 1.29 is 19.1 Å². The zero-order valence-electron chi connectivity index (χ0n) is 16.1. The van der Waals surface area contributed by atoms with Crippen LogP contribution in [0.15, 0.2) is 30.6 Å². The lowest BCUT2D eigenvalue weighted by atomic mass is 10.1. The molecule has 0 atom stereocenters. The molecule has 0 unspecified atom stereocenters. The quantitative estimate of drug-likeness (QED) is 0.535. The molecule has 9 nitrogen and oxygen atoms in total. The van der Waals surface area contributed by atoms with Crippen LogP contribution in [0.3, 0.4) is 0 Å². The lowest BCUT2D eigenvalue weighted by Crippen LogP contribution is -2.21. The first-order valence-corrected chi connectivity index (χ1v) is 10.1. The number of halogens is 1. The Morgan fingerprint density at radius 1 is 1.30 bits per heavy atom. The summed E-state index contributed by atoms with van der Waals surface area (Å²) in [6, 6.07) is 7.06. The van der Waals surface area contributed by atoms with E-state index in [0.717, 1.165) is 11.3 Å². The molecule has 3 aromatic rings. The molecule has 0 radical (unpaired) electrons. The molecular formula is C19H18ClN5O4S. The minimum Gasteiger partial charge on any atom is -0.462 e. The number of ether oxygens (including phenoxy) is 1. The first kappa shape index (κ1) is 21.5. The number of carbonyl (C=O) groups is 3. The topological polar surface area (TPSA) is 129 Å². The van der Waals surface area contributed by atoms with E-state index in [9.17, 15) is 14.4 Å². The molecule has 11 heteroatoms. The molecule has 0 fully saturated rings. The number of benzene rings is 1. The summed E-state index contributed by atoms with van der Waals surface area (Å²) in [5.41, 5.74) is 6.47. The number of hydrogen-bond acceptors (Lipinski definition) is 7. The molecule has 2 amide bonds. The minimum absolute atomic E-state index is 0.105. The molecule has 0 aliphatic heterocycles. The number of rotatable bonds is 7. The van der Waals surface area contributed by atoms with Crippen LogP contribution < -0.4 is 11.1 Å². The number of hydrogen-bond donors (Lipinski definition) is 2. The van der Waals surface area contributed by atoms with Crippen molar-refractivity contribution in [2.45, 2.75) is 20.4 Å². The highest BCUT2D eigenvalue weighted by Crippen LogP contribution is 2.33. The van der Waals surface area contributed by atoms with E-state index in [2.05, 4.69) is 15.4 Å². The van der Waals surface area contributed by atoms with Gasteiger partial charge in [0.25, 0.3) is 5.91 Å². The Morgan fingerprint density at radius 3 is 2.70 bits per heavy atom. The van der Waals surface area contributed by atoms with Crippen LogP contribution >= 0.6 is 22.9 Å². The van der Waals surface area contributed by atoms with Gasteiger partial charge >= 0.3 is 5.97 Å². The van der Waals surface area contributed by atoms with Crippen LogP contribution in [0.5, 0.6) is 0 Å². The third kappa shape index (κ3) is 4.34. The van der Waals surface area contributed by atoms with Crippen molar-refractivity contribution >= 4 is 45.7 Å². The summed E-state index contributed by atoms with van der Waals surface area (Å²) in [6.45, 7) is 3.19. The van der Waals surface area contributed by atoms with Crippen molar-refractivity contribution in [2.75, 3.05) is 11.9 Å². The predicted molar refractivity (Wildman–Crippen MR) is 113 cm³/mol. The van der Waals surface area contributed by atoms with Gasteiger partial charge in [-0.05, 0) is 31.5 Å². The number of nitrogens with one attached hydrogen (secondary N) is 1. The second-order valence-corrected chi connectivity index (χ2v) is 7.54. The summed E-state index contributed by atoms with van der Waals surface area (Å²) < 4.78 is 6.43. The largest absolute Gasteiger partial charge is 0.462 e. The van der Waals surface area contributed by atoms with Crippen LogP contribution in [0.2, 0.25) is 5.02 Å². The Morgan fingerprint density at radius 2 is 2.03 bits per heavy atom. The maximum Gasteiger partial charge on any atom is 0.341 e. The fourth-order valence-corrected chi connectivity index (χ4v) is 4.10. The van der Waals surface area contributed by atoms with Crippen LogP contribution in [0.4, 0.5) is 5.00 Å². The van der Waals surface area contributed by atoms with Crippen molar-refractivity contribution in [3.63, 3.8) is 0 Å². The molecule has 0 aliphatic rings. The molecule has 0 bridgehead atoms. The summed E-state index contributed by atoms with van der Waals surface area (Å²) in [7, 11) is 0. The predicted octanol–water partition coefficient (Wildman–Crippen LogP) is 2.88. The van der Waals surface area contributed by atoms with Gasteiger partial charge < -0.3 is 15.8 Å². The van der Waals surface area contributed by atoms with E-state index in [-0.39, 0.29) is 28.6 Å². The van der Waals surface area contributed by atoms with E-state index in [4.69, 9.17) is 22.1 Å². The minimum atomic E-state index is -0.694. The zero-order chi connectivity index (χ0) is 21.8. The highest BCUT2D eigenvalue weighted by atomic mass is 35.5. The zero-order valence-corrected chi connectivity index (χ0v) is 17.7. The average molecular weight is 448 g/mol. The van der Waals surface area contributed by atoms with E-state index in [1.54, 1.807) is 38.1 Å². The molecule has 0 saturated carbocycles. The van der Waals surface area contributed by atoms with E-state index in [0.29, 0.717) is 22.0 Å². The molecule has 2 aromatic heterocycles. The van der Waals surface area contributed by atoms with Crippen molar-refractivity contribution in [3.8, 4) is 11.4 Å². The Kier molecular flexibility index (Phi) is 6.48. The normalized spacial score (nSPS) is 10.6. The van der Waals surface area contributed by atoms with E-state index in [1.807, 2.05) is 0 Å². The molecule has 0 spiro atoms. The lowest BCUT2D eigenvalue weighted by Gasteiger charge is -2.09. The summed E-state index contributed by atoms with van der Waals surface area (Å²) in [5.74, 6) is -1.40. The molecular weight excluding hydrogens is 430 g/mol. The van der Waals surface area contributed by atoms with Gasteiger partial charge in [0.05, 0.1) is 22.1 Å². The molecule has 0 saturated heterocycles. The number of carbonyl (C=O) groups excluding carboxylic acids is 3. The summed E-state index contributed by atoms with van der Waals surface area (Å²) >= 11 is 7.13. The number of nitrogens with two attached hydrogens (primary N) is 1. The summed E-state index contributed by atoms with van der Waals surface area (Å²) in [6.07, 6.45) is 1.32. The third-order valence-electron chi connectivity index (χ3n) is 4.13. The van der Waals surface area contributed by atoms with E-state index >= 15 is 0 Å². The van der Waals surface area contributed by atoms with Gasteiger partial charge in [0, 0.05) is 5.56 Å². The number of thiophene rings is 1. The van der Waals surface area contributed by atoms with Crippen LogP contribution in [0.25, 0.3) is 11.4 Å². The molecule has 30 heavy (non-hydrogen) atoms. The smallest absolute Gasteiger partial charge is 0.341 e. The monoisotopic (exact) mass is 447 g/mol. The van der Waals surface area contributed by atoms with E-state index in [1.165, 1.54) is 11.0 Å². The van der Waals surface area contributed by atoms with Gasteiger partial charge in [0.15, 0.2) is 5.82 Å². The van der Waals surface area contributed by atoms with Crippen LogP contribution in [0.1, 0.15) is 32.5 Å². The maximum atomic E-state index is 12.7. The fraction of sp³-hybridized carbons (Fsp3) is 0.211. The molecule has 156 valence electrons. The molecule has 0 aliphatic carbocycles. The molecule has 3 N–H and O–H groups in total. The van der Waals surface area contributed by atoms with Crippen LogP contribution in [-0.4, -0.2) is 39.2 Å². The fourth-order valence-electron chi connectivity index (χ4n) is 2.82. The molecule has 2 heterocycles. The Balaban J connectivity index is 1.87. The number of amides is 2. The van der Waals surface area contributed by atoms with Gasteiger partial charge in [0.1, 0.15) is 17.9 Å². The number of esters is 1. The Bertz CT molecular complexity index is 1120. The third-order valence-corrected chi connectivity index (χ3v) is 5.68. The first-order chi connectivity index (χ1) is 14.3. The highest BCUT2D eigenvalue weighted by molar-refractivity contribution is 7.18. The van der Waals surface area contributed by atoms with Crippen molar-refractivity contribution in [1.29, 1.82) is 0 Å². The summed E-state index contributed by atoms with van der Waals surface area (Å²) in [4.78, 5) is 41.0. The van der Waals surface area contributed by atoms with Gasteiger partial charge in [-0.3, -0.25) is 9.59 Å². The van der Waals surface area contributed by atoms with Gasteiger partial charge in [-0.25, -0.2) is 14.5 Å². The Labute approximate surface area is 180 Å². The number of anilines is 1. The van der Waals surface area contributed by atoms with Crippen LogP contribution in [-0.2, 0) is 16.1 Å². The number of primary amides is 1. The first-order valence-electron chi connectivity index (χ1n) is 8.86. The second-order valence-electron chi connectivity index (χ2n) is 6.11. The van der Waals surface area contributed by atoms with E-state index < -0.39 is 17.8 Å². The standard InChI is InChI=1S/C19H18ClN5O4S/c1-3-29-19(28)14-10(2)15(16(21)27)30-18(14)24-13(26)8-25-17(22-9-23-25)11-6-4-5-7-12(11)20/h4-7,9H,3,8H2,1-2H3,(H2,21,27)(H,24,26). The number of aromatic nitrogens is 3. The van der Waals surface area contributed by atoms with Crippen LogP contribution in [0, 0.1) is 6.92 Å². The van der Waals surface area contributed by atoms with Crippen molar-refractivity contribution in [3.05, 3.63) is 51.6 Å². The highest BCUT2D eigenvalue weighted by Gasteiger charge is 2.26. The lowest BCUT2D eigenvalue weighted by molar-refractivity contribution is -0.116. The van der Waals surface area contributed by atoms with Gasteiger partial charge in [-0.2, -0.15) is 5.10 Å². The van der Waals surface area contributed by atoms with Crippen molar-refractivity contribution in [1.82, 2.24) is 14.8 Å². The van der Waals surface area contributed by atoms with Gasteiger partial charge in [0.2, 0.25) is 5.91 Å². The Hall–Kier alpha value is -3.24. The second kappa shape index (κ2) is 9.06. The maximum absolute atomic E-state index is 12.7. The average Bonchev–Trinajstić information content (AvgIpc) is 3.26. The number of nitrogens with zero attached hydrogens (tertiary/aromatic N) is 3. The van der Waals surface area contributed by atoms with Crippen molar-refractivity contribution in [2.24, 2.45) is 5.73 Å². The molecule has 1 aromatic carbocycles. The summed E-state index contributed by atoms with van der Waals surface area (Å²) in [5, 5.41) is 7.38. The van der Waals surface area contributed by atoms with Gasteiger partial charge in [-0.15, -0.1) is 11.3 Å². The van der Waals surface area contributed by atoms with Gasteiger partial charge in [-0.1, -0.05) is 23.7 Å². The SMILES string of the molecule is CCOC(=O)c1c(NC(=O)Cn2ncnc2-c2ccccc2Cl)sc(C(N)=O)c1C. The molecule has 3 rings (SSSR count).